The third-order valence-corrected chi connectivity index (χ3v) is 3.87. The Morgan fingerprint density at radius 2 is 0.952 bits per heavy atom. The van der Waals surface area contributed by atoms with E-state index in [1.54, 1.807) is 0 Å². The van der Waals surface area contributed by atoms with Crippen molar-refractivity contribution in [3.8, 4) is 0 Å². The zero-order valence-electron chi connectivity index (χ0n) is 15.0. The lowest BCUT2D eigenvalue weighted by Gasteiger charge is -2.58. The monoisotopic (exact) mass is 312 g/mol. The predicted molar refractivity (Wildman–Crippen MR) is 79.9 cm³/mol. The lowest BCUT2D eigenvalue weighted by atomic mass is 9.44. The molecular weight excluding hydrogens is 281 g/mol. The normalized spacial score (nSPS) is 13.6. The fourth-order valence-corrected chi connectivity index (χ4v) is 4.45. The summed E-state index contributed by atoms with van der Waals surface area (Å²) in [6.07, 6.45) is 0. The van der Waals surface area contributed by atoms with Crippen LogP contribution in [0.15, 0.2) is 0 Å². The van der Waals surface area contributed by atoms with Crippen molar-refractivity contribution >= 4 is 5.97 Å². The Labute approximate surface area is 127 Å². The summed E-state index contributed by atoms with van der Waals surface area (Å²) in [5.74, 6) is -0.106. The van der Waals surface area contributed by atoms with Gasteiger partial charge in [0, 0.05) is 0 Å². The van der Waals surface area contributed by atoms with Gasteiger partial charge in [-0.15, -0.1) is 0 Å². The Balaban J connectivity index is 0. The van der Waals surface area contributed by atoms with E-state index in [9.17, 15) is 18.0 Å². The molecule has 21 heavy (non-hydrogen) atoms. The highest BCUT2D eigenvalue weighted by molar-refractivity contribution is 5.79. The molecule has 0 N–H and O–H groups in total. The van der Waals surface area contributed by atoms with E-state index in [4.69, 9.17) is 4.74 Å². The number of esters is 1. The maximum absolute atomic E-state index is 12.6. The number of ether oxygens (including phenoxy) is 1. The van der Waals surface area contributed by atoms with Gasteiger partial charge in [-0.3, -0.25) is 4.79 Å². The summed E-state index contributed by atoms with van der Waals surface area (Å²) < 4.78 is 34.2. The Morgan fingerprint density at radius 1 is 0.762 bits per heavy atom. The molecule has 0 rings (SSSR count). The molecule has 128 valence electrons. The van der Waals surface area contributed by atoms with Gasteiger partial charge in [0.05, 0.1) is 12.5 Å². The van der Waals surface area contributed by atoms with Crippen molar-refractivity contribution in [1.29, 1.82) is 0 Å². The van der Waals surface area contributed by atoms with Gasteiger partial charge in [-0.1, -0.05) is 62.3 Å². The van der Waals surface area contributed by atoms with Gasteiger partial charge in [-0.05, 0) is 16.2 Å². The fourth-order valence-electron chi connectivity index (χ4n) is 4.45. The Hall–Kier alpha value is -0.740. The number of rotatable bonds is 1. The maximum Gasteiger partial charge on any atom is 0.379 e. The van der Waals surface area contributed by atoms with Crippen LogP contribution in [0.1, 0.15) is 62.3 Å². The Bertz CT molecular complexity index is 292. The highest BCUT2D eigenvalue weighted by Gasteiger charge is 2.63. The topological polar surface area (TPSA) is 26.3 Å². The lowest BCUT2D eigenvalue weighted by molar-refractivity contribution is -0.192. The van der Waals surface area contributed by atoms with E-state index >= 15 is 0 Å². The molecule has 0 aliphatic rings. The number of methoxy groups -OCH3 is 1. The van der Waals surface area contributed by atoms with E-state index in [0.29, 0.717) is 0 Å². The van der Waals surface area contributed by atoms with E-state index in [1.807, 2.05) is 0 Å². The van der Waals surface area contributed by atoms with E-state index in [1.165, 1.54) is 7.11 Å². The van der Waals surface area contributed by atoms with E-state index in [2.05, 4.69) is 62.3 Å². The van der Waals surface area contributed by atoms with Crippen molar-refractivity contribution < 1.29 is 22.7 Å². The van der Waals surface area contributed by atoms with Gasteiger partial charge in [0.1, 0.15) is 0 Å². The second-order valence-corrected chi connectivity index (χ2v) is 8.24. The highest BCUT2D eigenvalue weighted by Crippen LogP contribution is 2.61. The van der Waals surface area contributed by atoms with Crippen LogP contribution in [0.25, 0.3) is 0 Å². The minimum absolute atomic E-state index is 0.106. The molecular formula is C16H31F3O2. The van der Waals surface area contributed by atoms with Gasteiger partial charge in [-0.25, -0.2) is 0 Å². The maximum atomic E-state index is 12.6. The van der Waals surface area contributed by atoms with Crippen LogP contribution in [0.5, 0.6) is 0 Å². The minimum Gasteiger partial charge on any atom is -0.469 e. The third kappa shape index (κ3) is 4.89. The summed E-state index contributed by atoms with van der Waals surface area (Å²) in [5.41, 5.74) is -1.05. The standard InChI is InChI=1S/C15H30O2.CHF3/c1-12(2,3)15(11(16)17-10,13(4,5)6)14(7,8)9;2-1(3)4/h1-10H3;1H. The SMILES string of the molecule is COC(=O)C(C(C)(C)C)(C(C)(C)C)C(C)(C)C.FC(F)F. The summed E-state index contributed by atoms with van der Waals surface area (Å²) in [5, 5.41) is 0. The summed E-state index contributed by atoms with van der Waals surface area (Å²) in [4.78, 5) is 12.6. The number of hydrogen-bond acceptors (Lipinski definition) is 2. The Morgan fingerprint density at radius 3 is 1.00 bits per heavy atom. The smallest absolute Gasteiger partial charge is 0.379 e. The molecule has 0 atom stereocenters. The van der Waals surface area contributed by atoms with Crippen LogP contribution in [0.4, 0.5) is 13.2 Å². The Kier molecular flexibility index (Phi) is 7.53. The molecule has 5 heteroatoms. The van der Waals surface area contributed by atoms with E-state index in [-0.39, 0.29) is 22.2 Å². The molecule has 0 heterocycles. The van der Waals surface area contributed by atoms with E-state index < -0.39 is 12.1 Å². The average molecular weight is 312 g/mol. The number of carbonyl (C=O) groups excluding carboxylic acids is 1. The van der Waals surface area contributed by atoms with Crippen LogP contribution in [-0.2, 0) is 9.53 Å². The number of alkyl halides is 3. The largest absolute Gasteiger partial charge is 0.469 e. The van der Waals surface area contributed by atoms with Crippen molar-refractivity contribution in [3.05, 3.63) is 0 Å². The van der Waals surface area contributed by atoms with Crippen molar-refractivity contribution in [2.24, 2.45) is 21.7 Å². The molecule has 0 saturated heterocycles. The molecule has 0 fully saturated rings. The number of hydrogen-bond donors (Lipinski definition) is 0. The van der Waals surface area contributed by atoms with E-state index in [0.717, 1.165) is 0 Å². The molecule has 0 aliphatic heterocycles. The van der Waals surface area contributed by atoms with Crippen LogP contribution in [0, 0.1) is 21.7 Å². The van der Waals surface area contributed by atoms with Crippen LogP contribution in [-0.4, -0.2) is 19.8 Å². The van der Waals surface area contributed by atoms with Crippen molar-refractivity contribution in [3.63, 3.8) is 0 Å². The van der Waals surface area contributed by atoms with Gasteiger partial charge in [0.25, 0.3) is 0 Å². The van der Waals surface area contributed by atoms with Gasteiger partial charge >= 0.3 is 12.6 Å². The molecule has 2 nitrogen and oxygen atoms in total. The van der Waals surface area contributed by atoms with Gasteiger partial charge in [-0.2, -0.15) is 13.2 Å². The quantitative estimate of drug-likeness (QED) is 0.601. The third-order valence-electron chi connectivity index (χ3n) is 3.87. The van der Waals surface area contributed by atoms with Gasteiger partial charge in [0.15, 0.2) is 0 Å². The molecule has 0 aromatic carbocycles. The highest BCUT2D eigenvalue weighted by atomic mass is 19.4. The van der Waals surface area contributed by atoms with Gasteiger partial charge in [0.2, 0.25) is 0 Å². The first kappa shape index (κ1) is 22.5. The second-order valence-electron chi connectivity index (χ2n) is 8.24. The molecule has 0 aromatic rings. The molecule has 0 bridgehead atoms. The molecule has 0 unspecified atom stereocenters. The summed E-state index contributed by atoms with van der Waals surface area (Å²) in [6.45, 7) is 15.5. The van der Waals surface area contributed by atoms with Crippen molar-refractivity contribution in [2.75, 3.05) is 7.11 Å². The molecule has 0 amide bonds. The van der Waals surface area contributed by atoms with Crippen LogP contribution >= 0.6 is 0 Å². The summed E-state index contributed by atoms with van der Waals surface area (Å²) in [6, 6.07) is 0. The van der Waals surface area contributed by atoms with Crippen molar-refractivity contribution in [1.82, 2.24) is 0 Å². The molecule has 0 aromatic heterocycles. The number of halogens is 3. The number of carbonyl (C=O) groups is 1. The molecule has 0 saturated carbocycles. The molecule has 0 radical (unpaired) electrons. The van der Waals surface area contributed by atoms with Crippen LogP contribution < -0.4 is 0 Å². The molecule has 0 spiro atoms. The first-order valence-electron chi connectivity index (χ1n) is 6.97. The van der Waals surface area contributed by atoms with Crippen LogP contribution in [0.2, 0.25) is 0 Å². The minimum atomic E-state index is -3.67. The summed E-state index contributed by atoms with van der Waals surface area (Å²) in [7, 11) is 1.49. The van der Waals surface area contributed by atoms with Gasteiger partial charge < -0.3 is 4.74 Å². The predicted octanol–water partition coefficient (Wildman–Crippen LogP) is 5.46. The summed E-state index contributed by atoms with van der Waals surface area (Å²) >= 11 is 0. The molecule has 0 aliphatic carbocycles. The zero-order valence-corrected chi connectivity index (χ0v) is 15.0. The lowest BCUT2D eigenvalue weighted by Crippen LogP contribution is -2.60. The van der Waals surface area contributed by atoms with Crippen LogP contribution in [0.3, 0.4) is 0 Å². The zero-order chi connectivity index (χ0) is 17.9. The first-order chi connectivity index (χ1) is 8.96. The fraction of sp³-hybridized carbons (Fsp3) is 0.938. The first-order valence-corrected chi connectivity index (χ1v) is 6.97. The van der Waals surface area contributed by atoms with Crippen molar-refractivity contribution in [2.45, 2.75) is 69.0 Å². The second kappa shape index (κ2) is 7.01. The average Bonchev–Trinajstić information content (AvgIpc) is 2.09.